The number of nitrogens with zero attached hydrogens (tertiary/aromatic N) is 4. The topological polar surface area (TPSA) is 91.8 Å². The summed E-state index contributed by atoms with van der Waals surface area (Å²) in [7, 11) is -0.0296. The highest BCUT2D eigenvalue weighted by molar-refractivity contribution is 7.91. The second-order valence-electron chi connectivity index (χ2n) is 5.82. The zero-order valence-corrected chi connectivity index (χ0v) is 14.4. The van der Waals surface area contributed by atoms with Crippen molar-refractivity contribution in [2.75, 3.05) is 19.0 Å². The number of anilines is 1. The van der Waals surface area contributed by atoms with Gasteiger partial charge in [-0.15, -0.1) is 0 Å². The normalized spacial score (nSPS) is 11.9. The lowest BCUT2D eigenvalue weighted by molar-refractivity contribution is 0.588. The minimum absolute atomic E-state index is 0.184. The summed E-state index contributed by atoms with van der Waals surface area (Å²) in [5.41, 5.74) is 1.85. The van der Waals surface area contributed by atoms with Crippen LogP contribution in [0.15, 0.2) is 59.0 Å². The molecule has 0 radical (unpaired) electrons. The lowest BCUT2D eigenvalue weighted by atomic mass is 10.1. The molecule has 1 N–H and O–H groups in total. The lowest BCUT2D eigenvalue weighted by Gasteiger charge is -2.16. The summed E-state index contributed by atoms with van der Waals surface area (Å²) in [4.78, 5) is 17.1. The number of sulfone groups is 1. The van der Waals surface area contributed by atoms with Gasteiger partial charge in [0.1, 0.15) is 5.52 Å². The molecule has 2 aromatic heterocycles. The highest BCUT2D eigenvalue weighted by Gasteiger charge is 2.24. The molecule has 2 heterocycles. The minimum atomic E-state index is -3.87. The number of benzene rings is 2. The number of hydrogen-bond acceptors (Lipinski definition) is 6. The molecule has 0 unspecified atom stereocenters. The van der Waals surface area contributed by atoms with Gasteiger partial charge in [-0.05, 0) is 12.1 Å². The lowest BCUT2D eigenvalue weighted by Crippen LogP contribution is -2.10. The van der Waals surface area contributed by atoms with Crippen molar-refractivity contribution in [2.45, 2.75) is 10.1 Å². The Bertz CT molecular complexity index is 1200. The van der Waals surface area contributed by atoms with Crippen LogP contribution in [-0.2, 0) is 9.84 Å². The molecular formula is C17H15N5O2S. The van der Waals surface area contributed by atoms with Crippen LogP contribution in [0.5, 0.6) is 0 Å². The fourth-order valence-corrected chi connectivity index (χ4v) is 4.16. The molecule has 0 spiro atoms. The van der Waals surface area contributed by atoms with Crippen molar-refractivity contribution < 1.29 is 8.42 Å². The third-order valence-electron chi connectivity index (χ3n) is 4.02. The first-order valence-corrected chi connectivity index (χ1v) is 9.07. The van der Waals surface area contributed by atoms with Crippen LogP contribution in [0.4, 0.5) is 5.69 Å². The Morgan fingerprint density at radius 3 is 2.56 bits per heavy atom. The Kier molecular flexibility index (Phi) is 3.43. The van der Waals surface area contributed by atoms with Gasteiger partial charge in [0.2, 0.25) is 9.84 Å². The summed E-state index contributed by atoms with van der Waals surface area (Å²) in [5, 5.41) is 1.24. The number of nitrogens with one attached hydrogen (secondary N) is 1. The van der Waals surface area contributed by atoms with Crippen molar-refractivity contribution >= 4 is 37.5 Å². The molecule has 2 aromatic carbocycles. The van der Waals surface area contributed by atoms with Gasteiger partial charge in [-0.1, -0.05) is 24.3 Å². The molecular weight excluding hydrogens is 338 g/mol. The van der Waals surface area contributed by atoms with E-state index in [-0.39, 0.29) is 10.1 Å². The van der Waals surface area contributed by atoms with Gasteiger partial charge >= 0.3 is 0 Å². The molecule has 8 heteroatoms. The number of aromatic amines is 1. The van der Waals surface area contributed by atoms with Crippen molar-refractivity contribution in [2.24, 2.45) is 0 Å². The third-order valence-corrected chi connectivity index (χ3v) is 5.64. The number of rotatable bonds is 3. The second-order valence-corrected chi connectivity index (χ2v) is 7.63. The number of hydrogen-bond donors (Lipinski definition) is 1. The smallest absolute Gasteiger partial charge is 0.254 e. The highest BCUT2D eigenvalue weighted by atomic mass is 32.2. The quantitative estimate of drug-likeness (QED) is 0.569. The summed E-state index contributed by atoms with van der Waals surface area (Å²) in [6.07, 6.45) is 2.88. The maximum atomic E-state index is 13.1. The average Bonchev–Trinajstić information content (AvgIpc) is 3.08. The molecule has 7 nitrogen and oxygen atoms in total. The van der Waals surface area contributed by atoms with E-state index in [1.54, 1.807) is 18.2 Å². The van der Waals surface area contributed by atoms with Crippen LogP contribution in [0.25, 0.3) is 21.9 Å². The molecule has 25 heavy (non-hydrogen) atoms. The number of imidazole rings is 1. The highest BCUT2D eigenvalue weighted by Crippen LogP contribution is 2.32. The van der Waals surface area contributed by atoms with E-state index in [4.69, 9.17) is 0 Å². The number of H-pyrrole nitrogens is 1. The Morgan fingerprint density at radius 1 is 1.00 bits per heavy atom. The molecule has 4 aromatic rings. The minimum Gasteiger partial charge on any atom is -0.377 e. The summed E-state index contributed by atoms with van der Waals surface area (Å²) in [6.45, 7) is 0. The van der Waals surface area contributed by atoms with Gasteiger partial charge in [-0.3, -0.25) is 0 Å². The van der Waals surface area contributed by atoms with E-state index in [2.05, 4.69) is 19.9 Å². The average molecular weight is 353 g/mol. The van der Waals surface area contributed by atoms with Crippen LogP contribution < -0.4 is 4.90 Å². The van der Waals surface area contributed by atoms with E-state index in [1.165, 1.54) is 12.5 Å². The zero-order chi connectivity index (χ0) is 17.6. The predicted octanol–water partition coefficient (Wildman–Crippen LogP) is 2.40. The van der Waals surface area contributed by atoms with Gasteiger partial charge in [0.15, 0.2) is 5.65 Å². The SMILES string of the molecule is CN(C)c1cccc2c(S(=O)(=O)c3ncc4[nH]cnc4n3)cccc12. The first-order valence-electron chi connectivity index (χ1n) is 7.59. The third kappa shape index (κ3) is 2.42. The van der Waals surface area contributed by atoms with Gasteiger partial charge < -0.3 is 9.88 Å². The van der Waals surface area contributed by atoms with Gasteiger partial charge in [-0.2, -0.15) is 4.98 Å². The summed E-state index contributed by atoms with van der Waals surface area (Å²) >= 11 is 0. The van der Waals surface area contributed by atoms with E-state index in [9.17, 15) is 8.42 Å². The first kappa shape index (κ1) is 15.5. The van der Waals surface area contributed by atoms with Crippen LogP contribution >= 0.6 is 0 Å². The maximum Gasteiger partial charge on any atom is 0.254 e. The van der Waals surface area contributed by atoms with Gasteiger partial charge in [0.05, 0.1) is 17.4 Å². The number of fused-ring (bicyclic) bond motifs is 2. The molecule has 4 rings (SSSR count). The van der Waals surface area contributed by atoms with Crippen molar-refractivity contribution in [1.82, 2.24) is 19.9 Å². The molecule has 0 saturated heterocycles. The fourth-order valence-electron chi connectivity index (χ4n) is 2.84. The van der Waals surface area contributed by atoms with Crippen LogP contribution in [0.1, 0.15) is 0 Å². The Balaban J connectivity index is 1.98. The summed E-state index contributed by atoms with van der Waals surface area (Å²) in [5.74, 6) is 0. The van der Waals surface area contributed by atoms with Crippen molar-refractivity contribution in [1.29, 1.82) is 0 Å². The van der Waals surface area contributed by atoms with Crippen LogP contribution in [0.3, 0.4) is 0 Å². The van der Waals surface area contributed by atoms with Gasteiger partial charge in [-0.25, -0.2) is 18.4 Å². The fraction of sp³-hybridized carbons (Fsp3) is 0.118. The van der Waals surface area contributed by atoms with E-state index in [0.717, 1.165) is 11.1 Å². The number of aromatic nitrogens is 4. The van der Waals surface area contributed by atoms with E-state index < -0.39 is 9.84 Å². The molecule has 0 aliphatic carbocycles. The molecule has 126 valence electrons. The molecule has 0 atom stereocenters. The van der Waals surface area contributed by atoms with E-state index in [1.807, 2.05) is 37.2 Å². The van der Waals surface area contributed by atoms with Crippen LogP contribution in [0, 0.1) is 0 Å². The summed E-state index contributed by atoms with van der Waals surface area (Å²) < 4.78 is 26.2. The molecule has 0 aliphatic heterocycles. The second kappa shape index (κ2) is 5.52. The van der Waals surface area contributed by atoms with Crippen molar-refractivity contribution in [3.63, 3.8) is 0 Å². The zero-order valence-electron chi connectivity index (χ0n) is 13.6. The van der Waals surface area contributed by atoms with E-state index in [0.29, 0.717) is 16.6 Å². The van der Waals surface area contributed by atoms with E-state index >= 15 is 0 Å². The van der Waals surface area contributed by atoms with Crippen molar-refractivity contribution in [3.05, 3.63) is 48.9 Å². The first-order chi connectivity index (χ1) is 12.0. The molecule has 0 fully saturated rings. The molecule has 0 amide bonds. The van der Waals surface area contributed by atoms with Crippen LogP contribution in [0.2, 0.25) is 0 Å². The Morgan fingerprint density at radius 2 is 1.76 bits per heavy atom. The monoisotopic (exact) mass is 353 g/mol. The molecule has 0 saturated carbocycles. The summed E-state index contributed by atoms with van der Waals surface area (Å²) in [6, 6.07) is 10.8. The molecule has 0 bridgehead atoms. The molecule has 0 aliphatic rings. The largest absolute Gasteiger partial charge is 0.377 e. The van der Waals surface area contributed by atoms with Gasteiger partial charge in [0, 0.05) is 30.6 Å². The Labute approximate surface area is 144 Å². The maximum absolute atomic E-state index is 13.1. The standard InChI is InChI=1S/C17H15N5O2S/c1-22(2)14-7-3-6-12-11(14)5-4-8-15(12)25(23,24)17-18-9-13-16(21-17)20-10-19-13/h3-10H,1-2H3,(H,18,19,20,21). The van der Waals surface area contributed by atoms with Crippen LogP contribution in [-0.4, -0.2) is 42.4 Å². The predicted molar refractivity (Wildman–Crippen MR) is 95.4 cm³/mol. The van der Waals surface area contributed by atoms with Crippen molar-refractivity contribution in [3.8, 4) is 0 Å². The Hall–Kier alpha value is -3.00. The van der Waals surface area contributed by atoms with Gasteiger partial charge in [0.25, 0.3) is 5.16 Å².